The maximum Gasteiger partial charge on any atom is 0.265 e. The van der Waals surface area contributed by atoms with Gasteiger partial charge in [0, 0.05) is 13.1 Å². The van der Waals surface area contributed by atoms with Gasteiger partial charge in [0.1, 0.15) is 5.84 Å². The molecule has 1 aliphatic heterocycles. The van der Waals surface area contributed by atoms with Crippen LogP contribution in [-0.2, 0) is 10.0 Å². The molecule has 0 N–H and O–H groups in total. The van der Waals surface area contributed by atoms with E-state index in [1.54, 1.807) is 37.3 Å². The third-order valence-electron chi connectivity index (χ3n) is 2.55. The van der Waals surface area contributed by atoms with Crippen LogP contribution in [0.5, 0.6) is 0 Å². The lowest BCUT2D eigenvalue weighted by Gasteiger charge is -2.26. The lowest BCUT2D eigenvalue weighted by atomic mass is 10.4. The van der Waals surface area contributed by atoms with Crippen molar-refractivity contribution in [3.8, 4) is 0 Å². The van der Waals surface area contributed by atoms with E-state index < -0.39 is 10.0 Å². The van der Waals surface area contributed by atoms with Crippen LogP contribution in [0.15, 0.2) is 40.2 Å². The fourth-order valence-corrected chi connectivity index (χ4v) is 3.24. The molecular formula is C11H14N2O2S. The molecule has 16 heavy (non-hydrogen) atoms. The normalized spacial score (nSPS) is 17.1. The molecule has 0 saturated carbocycles. The molecule has 2 rings (SSSR count). The van der Waals surface area contributed by atoms with E-state index in [2.05, 4.69) is 4.99 Å². The number of hydrogen-bond acceptors (Lipinski definition) is 3. The van der Waals surface area contributed by atoms with Gasteiger partial charge in [-0.3, -0.25) is 9.30 Å². The molecule has 0 aromatic heterocycles. The molecule has 0 aliphatic carbocycles. The highest BCUT2D eigenvalue weighted by atomic mass is 32.2. The molecule has 86 valence electrons. The van der Waals surface area contributed by atoms with Crippen LogP contribution >= 0.6 is 0 Å². The Labute approximate surface area is 95.7 Å². The van der Waals surface area contributed by atoms with Crippen LogP contribution < -0.4 is 0 Å². The summed E-state index contributed by atoms with van der Waals surface area (Å²) in [4.78, 5) is 4.49. The highest BCUT2D eigenvalue weighted by Crippen LogP contribution is 2.18. The Morgan fingerprint density at radius 3 is 2.56 bits per heavy atom. The first-order valence-electron chi connectivity index (χ1n) is 5.21. The first-order chi connectivity index (χ1) is 7.62. The van der Waals surface area contributed by atoms with E-state index in [0.29, 0.717) is 23.8 Å². The number of hydrogen-bond donors (Lipinski definition) is 0. The highest BCUT2D eigenvalue weighted by Gasteiger charge is 2.26. The first kappa shape index (κ1) is 11.1. The van der Waals surface area contributed by atoms with Crippen molar-refractivity contribution < 1.29 is 8.42 Å². The van der Waals surface area contributed by atoms with E-state index in [1.165, 1.54) is 4.31 Å². The van der Waals surface area contributed by atoms with Crippen molar-refractivity contribution in [1.82, 2.24) is 4.31 Å². The molecule has 0 saturated heterocycles. The molecule has 1 aromatic rings. The second-order valence-electron chi connectivity index (χ2n) is 3.67. The molecule has 0 amide bonds. The Bertz CT molecular complexity index is 494. The minimum atomic E-state index is -3.41. The largest absolute Gasteiger partial charge is 0.272 e. The van der Waals surface area contributed by atoms with Crippen molar-refractivity contribution in [2.24, 2.45) is 4.99 Å². The van der Waals surface area contributed by atoms with Crippen molar-refractivity contribution in [3.63, 3.8) is 0 Å². The summed E-state index contributed by atoms with van der Waals surface area (Å²) in [7, 11) is -3.41. The standard InChI is InChI=1S/C11H14N2O2S/c1-10-12-8-5-9-13(10)16(14,15)11-6-3-2-4-7-11/h2-4,6-7H,5,8-9H2,1H3. The number of sulfonamides is 1. The van der Waals surface area contributed by atoms with Crippen molar-refractivity contribution >= 4 is 15.9 Å². The molecular weight excluding hydrogens is 224 g/mol. The van der Waals surface area contributed by atoms with Crippen LogP contribution in [0.2, 0.25) is 0 Å². The van der Waals surface area contributed by atoms with E-state index in [4.69, 9.17) is 0 Å². The third kappa shape index (κ3) is 1.95. The third-order valence-corrected chi connectivity index (χ3v) is 4.45. The lowest BCUT2D eigenvalue weighted by Crippen LogP contribution is -2.38. The summed E-state index contributed by atoms with van der Waals surface area (Å²) in [5.41, 5.74) is 0. The van der Waals surface area contributed by atoms with Crippen molar-refractivity contribution in [3.05, 3.63) is 30.3 Å². The minimum Gasteiger partial charge on any atom is -0.272 e. The summed E-state index contributed by atoms with van der Waals surface area (Å²) >= 11 is 0. The Balaban J connectivity index is 2.40. The zero-order chi connectivity index (χ0) is 11.6. The van der Waals surface area contributed by atoms with Gasteiger partial charge in [0.05, 0.1) is 4.90 Å². The average molecular weight is 238 g/mol. The number of benzene rings is 1. The molecule has 0 radical (unpaired) electrons. The predicted molar refractivity (Wildman–Crippen MR) is 62.9 cm³/mol. The van der Waals surface area contributed by atoms with Gasteiger partial charge in [-0.15, -0.1) is 0 Å². The van der Waals surface area contributed by atoms with Gasteiger partial charge in [0.2, 0.25) is 0 Å². The Morgan fingerprint density at radius 2 is 1.94 bits per heavy atom. The van der Waals surface area contributed by atoms with Gasteiger partial charge in [-0.2, -0.15) is 0 Å². The second kappa shape index (κ2) is 4.25. The molecule has 0 fully saturated rings. The van der Waals surface area contributed by atoms with Crippen molar-refractivity contribution in [1.29, 1.82) is 0 Å². The van der Waals surface area contributed by atoms with Crippen molar-refractivity contribution in [2.45, 2.75) is 18.2 Å². The summed E-state index contributed by atoms with van der Waals surface area (Å²) in [6.07, 6.45) is 0.781. The maximum absolute atomic E-state index is 12.2. The fourth-order valence-electron chi connectivity index (χ4n) is 1.71. The van der Waals surface area contributed by atoms with E-state index >= 15 is 0 Å². The summed E-state index contributed by atoms with van der Waals surface area (Å²) in [6, 6.07) is 8.47. The van der Waals surface area contributed by atoms with Gasteiger partial charge in [0.15, 0.2) is 0 Å². The van der Waals surface area contributed by atoms with Crippen LogP contribution in [0.1, 0.15) is 13.3 Å². The molecule has 1 aliphatic rings. The van der Waals surface area contributed by atoms with Gasteiger partial charge in [0.25, 0.3) is 10.0 Å². The van der Waals surface area contributed by atoms with E-state index in [1.807, 2.05) is 0 Å². The van der Waals surface area contributed by atoms with Gasteiger partial charge in [-0.05, 0) is 25.5 Å². The Kier molecular flexibility index (Phi) is 2.96. The predicted octanol–water partition coefficient (Wildman–Crippen LogP) is 1.50. The molecule has 0 unspecified atom stereocenters. The number of nitrogens with zero attached hydrogens (tertiary/aromatic N) is 2. The average Bonchev–Trinajstić information content (AvgIpc) is 2.30. The Hall–Kier alpha value is -1.36. The summed E-state index contributed by atoms with van der Waals surface area (Å²) < 4.78 is 25.9. The zero-order valence-electron chi connectivity index (χ0n) is 9.13. The van der Waals surface area contributed by atoms with Crippen LogP contribution in [0.4, 0.5) is 0 Å². The van der Waals surface area contributed by atoms with E-state index in [0.717, 1.165) is 6.42 Å². The first-order valence-corrected chi connectivity index (χ1v) is 6.65. The van der Waals surface area contributed by atoms with Crippen LogP contribution in [0.3, 0.4) is 0 Å². The second-order valence-corrected chi connectivity index (χ2v) is 5.54. The van der Waals surface area contributed by atoms with Gasteiger partial charge >= 0.3 is 0 Å². The molecule has 4 nitrogen and oxygen atoms in total. The van der Waals surface area contributed by atoms with Gasteiger partial charge < -0.3 is 0 Å². The maximum atomic E-state index is 12.2. The summed E-state index contributed by atoms with van der Waals surface area (Å²) in [6.45, 7) is 2.97. The van der Waals surface area contributed by atoms with Gasteiger partial charge in [-0.25, -0.2) is 8.42 Å². The number of amidine groups is 1. The topological polar surface area (TPSA) is 49.7 Å². The van der Waals surface area contributed by atoms with Crippen LogP contribution in [0, 0.1) is 0 Å². The van der Waals surface area contributed by atoms with E-state index in [9.17, 15) is 8.42 Å². The Morgan fingerprint density at radius 1 is 1.25 bits per heavy atom. The summed E-state index contributed by atoms with van der Waals surface area (Å²) in [5.74, 6) is 0.579. The molecule has 0 bridgehead atoms. The SMILES string of the molecule is CC1=NCCCN1S(=O)(=O)c1ccccc1. The van der Waals surface area contributed by atoms with Crippen LogP contribution in [0.25, 0.3) is 0 Å². The number of aliphatic imine (C=N–C) groups is 1. The van der Waals surface area contributed by atoms with Crippen molar-refractivity contribution in [2.75, 3.05) is 13.1 Å². The molecule has 1 aromatic carbocycles. The smallest absolute Gasteiger partial charge is 0.265 e. The van der Waals surface area contributed by atoms with Gasteiger partial charge in [-0.1, -0.05) is 18.2 Å². The quantitative estimate of drug-likeness (QED) is 0.784. The molecule has 0 spiro atoms. The fraction of sp³-hybridized carbons (Fsp3) is 0.364. The monoisotopic (exact) mass is 238 g/mol. The molecule has 5 heteroatoms. The zero-order valence-corrected chi connectivity index (χ0v) is 9.94. The summed E-state index contributed by atoms with van der Waals surface area (Å²) in [5, 5.41) is 0. The minimum absolute atomic E-state index is 0.325. The highest BCUT2D eigenvalue weighted by molar-refractivity contribution is 7.89. The van der Waals surface area contributed by atoms with E-state index in [-0.39, 0.29) is 0 Å². The number of rotatable bonds is 2. The molecule has 1 heterocycles. The lowest BCUT2D eigenvalue weighted by molar-refractivity contribution is 0.499. The van der Waals surface area contributed by atoms with Crippen LogP contribution in [-0.4, -0.2) is 31.6 Å². The molecule has 0 atom stereocenters.